The molecule has 0 amide bonds. The van der Waals surface area contributed by atoms with Crippen LogP contribution in [0.15, 0.2) is 36.7 Å². The van der Waals surface area contributed by atoms with Gasteiger partial charge in [0.05, 0.1) is 5.56 Å². The monoisotopic (exact) mass is 348 g/mol. The molecule has 134 valence electrons. The van der Waals surface area contributed by atoms with Crippen LogP contribution in [-0.2, 0) is 0 Å². The molecule has 1 fully saturated rings. The Balaban J connectivity index is 1.88. The van der Waals surface area contributed by atoms with Gasteiger partial charge in [-0.05, 0) is 36.6 Å². The fourth-order valence-corrected chi connectivity index (χ4v) is 3.31. The summed E-state index contributed by atoms with van der Waals surface area (Å²) in [6.45, 7) is 7.09. The number of ketones is 1. The first-order valence-corrected chi connectivity index (χ1v) is 8.99. The van der Waals surface area contributed by atoms with E-state index < -0.39 is 0 Å². The topological polar surface area (TPSA) is 58.1 Å². The zero-order valence-corrected chi connectivity index (χ0v) is 15.3. The Kier molecular flexibility index (Phi) is 5.65. The molecule has 2 aromatic rings. The van der Waals surface area contributed by atoms with Crippen LogP contribution in [0.5, 0.6) is 0 Å². The molecule has 1 N–H and O–H groups in total. The average molecular weight is 348 g/mol. The van der Waals surface area contributed by atoms with Crippen molar-refractivity contribution in [1.29, 1.82) is 0 Å². The summed E-state index contributed by atoms with van der Waals surface area (Å²) < 4.78 is 0. The lowest BCUT2D eigenvalue weighted by atomic mass is 10.0. The third kappa shape index (κ3) is 4.09. The SMILES string of the molecule is C#Cc1ccc(N2CCN[C@@H](CC(C)C)C2)nc1C(=O)c1cccnc1. The molecule has 0 bridgehead atoms. The Morgan fingerprint density at radius 2 is 2.27 bits per heavy atom. The van der Waals surface area contributed by atoms with Gasteiger partial charge in [0, 0.05) is 43.6 Å². The highest BCUT2D eigenvalue weighted by Gasteiger charge is 2.23. The van der Waals surface area contributed by atoms with Crippen LogP contribution in [0.3, 0.4) is 0 Å². The van der Waals surface area contributed by atoms with Crippen molar-refractivity contribution in [3.63, 3.8) is 0 Å². The molecule has 3 rings (SSSR count). The number of piperazine rings is 1. The van der Waals surface area contributed by atoms with Crippen molar-refractivity contribution >= 4 is 11.6 Å². The van der Waals surface area contributed by atoms with Crippen LogP contribution < -0.4 is 10.2 Å². The number of hydrogen-bond acceptors (Lipinski definition) is 5. The second kappa shape index (κ2) is 8.11. The quantitative estimate of drug-likeness (QED) is 0.665. The van der Waals surface area contributed by atoms with Crippen molar-refractivity contribution in [2.75, 3.05) is 24.5 Å². The van der Waals surface area contributed by atoms with Crippen molar-refractivity contribution < 1.29 is 4.79 Å². The summed E-state index contributed by atoms with van der Waals surface area (Å²) in [5.41, 5.74) is 1.32. The summed E-state index contributed by atoms with van der Waals surface area (Å²) in [5.74, 6) is 3.81. The number of nitrogens with zero attached hydrogens (tertiary/aromatic N) is 3. The van der Waals surface area contributed by atoms with E-state index >= 15 is 0 Å². The molecule has 0 aliphatic carbocycles. The number of hydrogen-bond donors (Lipinski definition) is 1. The molecule has 1 atom stereocenters. The molecule has 1 aliphatic heterocycles. The van der Waals surface area contributed by atoms with E-state index in [0.29, 0.717) is 28.8 Å². The standard InChI is InChI=1S/C21H24N4O/c1-4-16-7-8-19(25-11-10-23-18(14-25)12-15(2)3)24-20(16)21(26)17-6-5-9-22-13-17/h1,5-9,13,15,18,23H,10-12,14H2,2-3H3/t18-/m0/s1. The van der Waals surface area contributed by atoms with E-state index in [1.807, 2.05) is 12.1 Å². The van der Waals surface area contributed by atoms with Gasteiger partial charge in [-0.3, -0.25) is 9.78 Å². The minimum absolute atomic E-state index is 0.193. The molecular formula is C21H24N4O. The fourth-order valence-electron chi connectivity index (χ4n) is 3.31. The van der Waals surface area contributed by atoms with Crippen LogP contribution in [0.4, 0.5) is 5.82 Å². The second-order valence-electron chi connectivity index (χ2n) is 7.01. The van der Waals surface area contributed by atoms with Gasteiger partial charge in [-0.1, -0.05) is 19.8 Å². The van der Waals surface area contributed by atoms with Gasteiger partial charge in [-0.15, -0.1) is 6.42 Å². The van der Waals surface area contributed by atoms with Crippen molar-refractivity contribution in [3.8, 4) is 12.3 Å². The molecule has 2 aromatic heterocycles. The molecule has 0 unspecified atom stereocenters. The van der Waals surface area contributed by atoms with Crippen LogP contribution in [0, 0.1) is 18.3 Å². The minimum atomic E-state index is -0.193. The van der Waals surface area contributed by atoms with Crippen LogP contribution in [-0.4, -0.2) is 41.4 Å². The van der Waals surface area contributed by atoms with Crippen molar-refractivity contribution in [1.82, 2.24) is 15.3 Å². The Labute approximate surface area is 154 Å². The van der Waals surface area contributed by atoms with E-state index in [4.69, 9.17) is 6.42 Å². The summed E-state index contributed by atoms with van der Waals surface area (Å²) in [6, 6.07) is 7.61. The van der Waals surface area contributed by atoms with E-state index in [1.54, 1.807) is 24.5 Å². The Morgan fingerprint density at radius 1 is 1.42 bits per heavy atom. The summed E-state index contributed by atoms with van der Waals surface area (Å²) in [7, 11) is 0. The lowest BCUT2D eigenvalue weighted by molar-refractivity contribution is 0.103. The summed E-state index contributed by atoms with van der Waals surface area (Å²) in [5, 5.41) is 3.56. The Morgan fingerprint density at radius 3 is 2.96 bits per heavy atom. The highest BCUT2D eigenvalue weighted by atomic mass is 16.1. The zero-order valence-electron chi connectivity index (χ0n) is 15.3. The third-order valence-corrected chi connectivity index (χ3v) is 4.51. The zero-order chi connectivity index (χ0) is 18.5. The lowest BCUT2D eigenvalue weighted by Gasteiger charge is -2.35. The third-order valence-electron chi connectivity index (χ3n) is 4.51. The van der Waals surface area contributed by atoms with E-state index in [2.05, 4.69) is 40.0 Å². The molecule has 1 saturated heterocycles. The second-order valence-corrected chi connectivity index (χ2v) is 7.01. The number of pyridine rings is 2. The smallest absolute Gasteiger partial charge is 0.214 e. The van der Waals surface area contributed by atoms with Crippen molar-refractivity contribution in [2.45, 2.75) is 26.3 Å². The Hall–Kier alpha value is -2.71. The number of rotatable bonds is 5. The highest BCUT2D eigenvalue weighted by molar-refractivity contribution is 6.09. The predicted molar refractivity (Wildman–Crippen MR) is 103 cm³/mol. The van der Waals surface area contributed by atoms with E-state index in [1.165, 1.54) is 0 Å². The van der Waals surface area contributed by atoms with Gasteiger partial charge in [0.25, 0.3) is 0 Å². The molecular weight excluding hydrogens is 324 g/mol. The molecule has 1 aliphatic rings. The Bertz CT molecular complexity index is 811. The number of anilines is 1. The van der Waals surface area contributed by atoms with E-state index in [9.17, 15) is 4.79 Å². The maximum atomic E-state index is 12.8. The van der Waals surface area contributed by atoms with E-state index in [0.717, 1.165) is 31.9 Å². The average Bonchev–Trinajstić information content (AvgIpc) is 2.67. The maximum Gasteiger partial charge on any atom is 0.214 e. The molecule has 3 heterocycles. The van der Waals surface area contributed by atoms with Gasteiger partial charge in [0.1, 0.15) is 11.5 Å². The molecule has 26 heavy (non-hydrogen) atoms. The number of carbonyl (C=O) groups is 1. The van der Waals surface area contributed by atoms with Crippen molar-refractivity contribution in [3.05, 3.63) is 53.5 Å². The molecule has 5 heteroatoms. The first kappa shape index (κ1) is 18.1. The van der Waals surface area contributed by atoms with Gasteiger partial charge in [0.2, 0.25) is 5.78 Å². The van der Waals surface area contributed by atoms with E-state index in [-0.39, 0.29) is 5.78 Å². The van der Waals surface area contributed by atoms with Gasteiger partial charge < -0.3 is 10.2 Å². The van der Waals surface area contributed by atoms with Crippen LogP contribution in [0.2, 0.25) is 0 Å². The number of aromatic nitrogens is 2. The van der Waals surface area contributed by atoms with Gasteiger partial charge in [-0.25, -0.2) is 4.98 Å². The van der Waals surface area contributed by atoms with Crippen molar-refractivity contribution in [2.24, 2.45) is 5.92 Å². The normalized spacial score (nSPS) is 17.2. The summed E-state index contributed by atoms with van der Waals surface area (Å²) in [6.07, 6.45) is 9.88. The van der Waals surface area contributed by atoms with Gasteiger partial charge in [-0.2, -0.15) is 0 Å². The van der Waals surface area contributed by atoms with Crippen LogP contribution in [0.25, 0.3) is 0 Å². The first-order chi connectivity index (χ1) is 12.6. The maximum absolute atomic E-state index is 12.8. The minimum Gasteiger partial charge on any atom is -0.354 e. The largest absolute Gasteiger partial charge is 0.354 e. The highest BCUT2D eigenvalue weighted by Crippen LogP contribution is 2.20. The molecule has 0 radical (unpaired) electrons. The summed E-state index contributed by atoms with van der Waals surface area (Å²) in [4.78, 5) is 23.7. The van der Waals surface area contributed by atoms with Crippen LogP contribution >= 0.6 is 0 Å². The number of terminal acetylenes is 1. The fraction of sp³-hybridized carbons (Fsp3) is 0.381. The number of nitrogens with one attached hydrogen (secondary N) is 1. The number of carbonyl (C=O) groups excluding carboxylic acids is 1. The first-order valence-electron chi connectivity index (χ1n) is 8.99. The summed E-state index contributed by atoms with van der Waals surface area (Å²) >= 11 is 0. The molecule has 0 aromatic carbocycles. The lowest BCUT2D eigenvalue weighted by Crippen LogP contribution is -2.51. The molecule has 0 spiro atoms. The van der Waals surface area contributed by atoms with Gasteiger partial charge in [0.15, 0.2) is 0 Å². The predicted octanol–water partition coefficient (Wildman–Crippen LogP) is 2.51. The van der Waals surface area contributed by atoms with Crippen LogP contribution in [0.1, 0.15) is 41.9 Å². The molecule has 0 saturated carbocycles. The molecule has 5 nitrogen and oxygen atoms in total. The van der Waals surface area contributed by atoms with Gasteiger partial charge >= 0.3 is 0 Å².